The van der Waals surface area contributed by atoms with Crippen molar-refractivity contribution in [3.63, 3.8) is 0 Å². The molecule has 16 nitrogen and oxygen atoms in total. The summed E-state index contributed by atoms with van der Waals surface area (Å²) in [7, 11) is 0. The Kier molecular flexibility index (Phi) is 18.0. The van der Waals surface area contributed by atoms with Gasteiger partial charge in [0, 0.05) is 64.1 Å². The molecule has 0 spiro atoms. The van der Waals surface area contributed by atoms with E-state index in [0.717, 1.165) is 48.3 Å². The van der Waals surface area contributed by atoms with Crippen LogP contribution in [0.1, 0.15) is 103 Å². The number of thiocarbonyl (C=S) groups is 1. The predicted molar refractivity (Wildman–Crippen MR) is 262 cm³/mol. The molecule has 3 atom stereocenters. The van der Waals surface area contributed by atoms with Gasteiger partial charge in [0.1, 0.15) is 29.8 Å². The molecule has 71 heavy (non-hydrogen) atoms. The fraction of sp³-hybridized carbons (Fsp3) is 0.529. The van der Waals surface area contributed by atoms with Crippen LogP contribution in [0.3, 0.4) is 0 Å². The van der Waals surface area contributed by atoms with Crippen LogP contribution < -0.4 is 24.8 Å². The Morgan fingerprint density at radius 2 is 1.65 bits per heavy atom. The Balaban J connectivity index is 0.848. The minimum Gasteiger partial charge on any atom is -0.494 e. The van der Waals surface area contributed by atoms with E-state index in [1.165, 1.54) is 11.0 Å². The standard InChI is InChI=1S/C51H62F3N7O9S/c1-49(2,3)45(46(66)59-31-37(62)28-40(59)41(63)20-12-33-13-21-42(56-30-33)58-22-9-11-44(58)65)57-43(64)32-69-25-10-24-68-23-7-6-8-26-70-38-18-16-35(17-19-38)61-48(71)60(47(67)50(61,4)5)36-15-14-34(29-55)39(27-36)51(52,53)54/h13-19,21,27,30,37,40,45,62H,6-12,20,22-26,28,31-32H2,1-5H3,(H,57,64)/t37-,40+,45-/m1/s1. The number of hydrogen-bond acceptors (Lipinski definition) is 12. The topological polar surface area (TPSA) is 195 Å². The minimum atomic E-state index is -4.80. The monoisotopic (exact) mass is 1010 g/mol. The molecular formula is C51H62F3N7O9S. The molecule has 382 valence electrons. The Morgan fingerprint density at radius 3 is 2.30 bits per heavy atom. The summed E-state index contributed by atoms with van der Waals surface area (Å²) in [5.41, 5.74) is -2.37. The van der Waals surface area contributed by atoms with E-state index in [0.29, 0.717) is 62.9 Å². The van der Waals surface area contributed by atoms with Crippen LogP contribution in [0.2, 0.25) is 0 Å². The van der Waals surface area contributed by atoms with E-state index in [1.807, 2.05) is 26.8 Å². The highest BCUT2D eigenvalue weighted by Gasteiger charge is 2.51. The Morgan fingerprint density at radius 1 is 0.958 bits per heavy atom. The van der Waals surface area contributed by atoms with Crippen LogP contribution in [0.4, 0.5) is 30.4 Å². The number of β-amino-alcohol motifs (C(OH)–C–C–N with tert-alkyl or cyclic N) is 1. The van der Waals surface area contributed by atoms with Gasteiger partial charge >= 0.3 is 6.18 Å². The number of nitrogens with zero attached hydrogens (tertiary/aromatic N) is 6. The number of aryl methyl sites for hydroxylation is 1. The second-order valence-corrected chi connectivity index (χ2v) is 19.8. The molecule has 3 aliphatic heterocycles. The maximum absolute atomic E-state index is 13.9. The molecular weight excluding hydrogens is 944 g/mol. The van der Waals surface area contributed by atoms with Crippen molar-refractivity contribution < 1.29 is 56.5 Å². The molecule has 4 heterocycles. The second kappa shape index (κ2) is 23.5. The van der Waals surface area contributed by atoms with E-state index in [9.17, 15) is 47.5 Å². The molecule has 6 rings (SSSR count). The quantitative estimate of drug-likeness (QED) is 0.0800. The number of unbranched alkanes of at least 4 members (excludes halogenated alkanes) is 2. The van der Waals surface area contributed by atoms with Gasteiger partial charge in [-0.2, -0.15) is 18.4 Å². The number of ether oxygens (including phenoxy) is 3. The molecule has 3 saturated heterocycles. The maximum Gasteiger partial charge on any atom is 0.417 e. The molecule has 0 saturated carbocycles. The summed E-state index contributed by atoms with van der Waals surface area (Å²) in [5, 5.41) is 22.5. The van der Waals surface area contributed by atoms with Crippen molar-refractivity contribution in [1.29, 1.82) is 5.26 Å². The molecule has 4 amide bonds. The van der Waals surface area contributed by atoms with Gasteiger partial charge in [-0.1, -0.05) is 26.8 Å². The summed E-state index contributed by atoms with van der Waals surface area (Å²) in [6, 6.07) is 13.3. The van der Waals surface area contributed by atoms with Crippen molar-refractivity contribution in [3.05, 3.63) is 77.5 Å². The van der Waals surface area contributed by atoms with Crippen molar-refractivity contribution in [3.8, 4) is 11.8 Å². The van der Waals surface area contributed by atoms with Crippen molar-refractivity contribution >= 4 is 63.9 Å². The number of nitrogens with one attached hydrogen (secondary N) is 1. The van der Waals surface area contributed by atoms with Gasteiger partial charge in [-0.25, -0.2) is 4.98 Å². The van der Waals surface area contributed by atoms with Gasteiger partial charge in [0.15, 0.2) is 10.9 Å². The Hall–Kier alpha value is -6.01. The number of aliphatic hydroxyl groups is 1. The zero-order chi connectivity index (χ0) is 51.7. The molecule has 0 bridgehead atoms. The SMILES string of the molecule is CC(C)(C)[C@H](NC(=O)COCCCOCCCCCOc1ccc(N2C(=S)N(c3ccc(C#N)c(C(F)(F)F)c3)C(=O)C2(C)C)cc1)C(=O)N1C[C@H](O)C[C@H]1C(=O)CCc1ccc(N2CCCC2=O)nc1. The molecule has 3 fully saturated rings. The van der Waals surface area contributed by atoms with E-state index in [4.69, 9.17) is 26.4 Å². The molecule has 2 N–H and O–H groups in total. The summed E-state index contributed by atoms with van der Waals surface area (Å²) in [4.78, 5) is 76.1. The Labute approximate surface area is 417 Å². The number of amides is 4. The van der Waals surface area contributed by atoms with Crippen LogP contribution in [0.15, 0.2) is 60.8 Å². The van der Waals surface area contributed by atoms with E-state index in [1.54, 1.807) is 66.2 Å². The summed E-state index contributed by atoms with van der Waals surface area (Å²) in [6.07, 6.45) is 0.812. The third kappa shape index (κ3) is 13.5. The third-order valence-electron chi connectivity index (χ3n) is 12.6. The van der Waals surface area contributed by atoms with Gasteiger partial charge in [-0.05, 0) is 124 Å². The molecule has 0 radical (unpaired) electrons. The normalized spacial score (nSPS) is 18.6. The van der Waals surface area contributed by atoms with Crippen LogP contribution in [0.5, 0.6) is 5.75 Å². The lowest BCUT2D eigenvalue weighted by Crippen LogP contribution is -2.57. The average Bonchev–Trinajstić information content (AvgIpc) is 3.99. The lowest BCUT2D eigenvalue weighted by Gasteiger charge is -2.35. The van der Waals surface area contributed by atoms with Gasteiger partial charge in [-0.15, -0.1) is 0 Å². The fourth-order valence-electron chi connectivity index (χ4n) is 8.78. The largest absolute Gasteiger partial charge is 0.494 e. The van der Waals surface area contributed by atoms with Crippen molar-refractivity contribution in [2.24, 2.45) is 5.41 Å². The van der Waals surface area contributed by atoms with Gasteiger partial charge in [0.25, 0.3) is 5.91 Å². The van der Waals surface area contributed by atoms with Gasteiger partial charge < -0.3 is 34.4 Å². The van der Waals surface area contributed by atoms with Crippen molar-refractivity contribution in [2.45, 2.75) is 122 Å². The third-order valence-corrected chi connectivity index (χ3v) is 13.0. The lowest BCUT2D eigenvalue weighted by molar-refractivity contribution is -0.144. The molecule has 20 heteroatoms. The second-order valence-electron chi connectivity index (χ2n) is 19.5. The van der Waals surface area contributed by atoms with E-state index < -0.39 is 64.2 Å². The smallest absolute Gasteiger partial charge is 0.417 e. The van der Waals surface area contributed by atoms with Crippen LogP contribution >= 0.6 is 12.2 Å². The zero-order valence-corrected chi connectivity index (χ0v) is 41.6. The van der Waals surface area contributed by atoms with E-state index >= 15 is 0 Å². The number of benzene rings is 2. The van der Waals surface area contributed by atoms with E-state index in [-0.39, 0.29) is 55.1 Å². The highest BCUT2D eigenvalue weighted by atomic mass is 32.1. The number of carbonyl (C=O) groups is 5. The highest BCUT2D eigenvalue weighted by Crippen LogP contribution is 2.40. The van der Waals surface area contributed by atoms with Crippen LogP contribution in [-0.2, 0) is 46.0 Å². The van der Waals surface area contributed by atoms with Crippen LogP contribution in [0.25, 0.3) is 0 Å². The lowest BCUT2D eigenvalue weighted by atomic mass is 9.85. The molecule has 0 aliphatic carbocycles. The number of Topliss-reactive ketones (excluding diaryl/α,β-unsaturated/α-hetero) is 1. The van der Waals surface area contributed by atoms with E-state index in [2.05, 4.69) is 10.3 Å². The number of alkyl halides is 3. The van der Waals surface area contributed by atoms with Gasteiger partial charge in [-0.3, -0.25) is 33.8 Å². The summed E-state index contributed by atoms with van der Waals surface area (Å²) >= 11 is 5.62. The summed E-state index contributed by atoms with van der Waals surface area (Å²) < 4.78 is 58.3. The minimum absolute atomic E-state index is 0.00162. The summed E-state index contributed by atoms with van der Waals surface area (Å²) in [5.74, 6) is -0.436. The number of ketones is 1. The number of aliphatic hydroxyl groups excluding tert-OH is 1. The van der Waals surface area contributed by atoms with Crippen LogP contribution in [0, 0.1) is 16.7 Å². The molecule has 1 aromatic heterocycles. The molecule has 0 unspecified atom stereocenters. The molecule has 3 aliphatic rings. The number of carbonyl (C=O) groups excluding carboxylic acids is 5. The first-order chi connectivity index (χ1) is 33.6. The number of aromatic nitrogens is 1. The first kappa shape index (κ1) is 54.3. The number of hydrogen-bond donors (Lipinski definition) is 2. The number of halogens is 3. The predicted octanol–water partition coefficient (Wildman–Crippen LogP) is 6.68. The zero-order valence-electron chi connectivity index (χ0n) is 40.8. The number of likely N-dealkylation sites (tertiary alicyclic amines) is 1. The number of rotatable bonds is 22. The average molecular weight is 1010 g/mol. The molecule has 2 aromatic carbocycles. The number of pyridine rings is 1. The van der Waals surface area contributed by atoms with Crippen molar-refractivity contribution in [1.82, 2.24) is 15.2 Å². The first-order valence-corrected chi connectivity index (χ1v) is 24.3. The van der Waals surface area contributed by atoms with Gasteiger partial charge in [0.05, 0.1) is 41.6 Å². The summed E-state index contributed by atoms with van der Waals surface area (Å²) in [6.45, 7) is 10.7. The van der Waals surface area contributed by atoms with Gasteiger partial charge in [0.2, 0.25) is 17.7 Å². The fourth-order valence-corrected chi connectivity index (χ4v) is 9.30. The van der Waals surface area contributed by atoms with Crippen molar-refractivity contribution in [2.75, 3.05) is 60.8 Å². The van der Waals surface area contributed by atoms with Crippen LogP contribution in [-0.4, -0.2) is 119 Å². The maximum atomic E-state index is 13.9. The molecule has 3 aromatic rings. The first-order valence-electron chi connectivity index (χ1n) is 23.9. The number of nitriles is 1. The highest BCUT2D eigenvalue weighted by molar-refractivity contribution is 7.81. The number of anilines is 3. The Bertz CT molecular complexity index is 2460.